The Hall–Kier alpha value is -3.61. The van der Waals surface area contributed by atoms with Crippen LogP contribution in [0.4, 0.5) is 0 Å². The van der Waals surface area contributed by atoms with Gasteiger partial charge in [0.15, 0.2) is 0 Å². The van der Waals surface area contributed by atoms with Crippen LogP contribution in [-0.4, -0.2) is 25.6 Å². The quantitative estimate of drug-likeness (QED) is 0.293. The van der Waals surface area contributed by atoms with Crippen LogP contribution in [0.15, 0.2) is 72.5 Å². The number of hydrogen-bond donors (Lipinski definition) is 2. The van der Waals surface area contributed by atoms with E-state index in [-0.39, 0.29) is 6.42 Å². The van der Waals surface area contributed by atoms with E-state index in [0.29, 0.717) is 11.6 Å². The van der Waals surface area contributed by atoms with Gasteiger partial charge in [0.2, 0.25) is 0 Å². The van der Waals surface area contributed by atoms with Crippen LogP contribution in [0.3, 0.4) is 0 Å². The maximum absolute atomic E-state index is 11.5. The molecular formula is C26H18ClN3O2S. The average molecular weight is 472 g/mol. The zero-order valence-electron chi connectivity index (χ0n) is 17.4. The first kappa shape index (κ1) is 20.0. The minimum Gasteiger partial charge on any atom is -0.481 e. The van der Waals surface area contributed by atoms with E-state index >= 15 is 0 Å². The molecule has 5 nitrogen and oxygen atoms in total. The van der Waals surface area contributed by atoms with E-state index in [0.717, 1.165) is 44.0 Å². The molecule has 0 aliphatic heterocycles. The minimum absolute atomic E-state index is 0.0147. The largest absolute Gasteiger partial charge is 0.481 e. The van der Waals surface area contributed by atoms with Crippen LogP contribution in [0.2, 0.25) is 5.02 Å². The molecule has 0 unspecified atom stereocenters. The molecule has 0 saturated carbocycles. The van der Waals surface area contributed by atoms with E-state index in [1.165, 1.54) is 10.3 Å². The normalized spacial score (nSPS) is 11.7. The molecule has 6 rings (SSSR count). The van der Waals surface area contributed by atoms with E-state index in [4.69, 9.17) is 11.6 Å². The van der Waals surface area contributed by atoms with Gasteiger partial charge < -0.3 is 14.7 Å². The highest BCUT2D eigenvalue weighted by Crippen LogP contribution is 2.33. The van der Waals surface area contributed by atoms with E-state index in [1.54, 1.807) is 17.7 Å². The lowest BCUT2D eigenvalue weighted by Crippen LogP contribution is -2.00. The Kier molecular flexibility index (Phi) is 4.71. The molecule has 3 heterocycles. The minimum atomic E-state index is -0.837. The number of aliphatic carboxylic acids is 1. The predicted molar refractivity (Wildman–Crippen MR) is 134 cm³/mol. The first-order chi connectivity index (χ1) is 16.0. The van der Waals surface area contributed by atoms with Crippen molar-refractivity contribution in [2.24, 2.45) is 0 Å². The van der Waals surface area contributed by atoms with Crippen molar-refractivity contribution in [2.45, 2.75) is 13.0 Å². The molecule has 7 heteroatoms. The van der Waals surface area contributed by atoms with Crippen LogP contribution in [-0.2, 0) is 17.8 Å². The average Bonchev–Trinajstić information content (AvgIpc) is 3.51. The lowest BCUT2D eigenvalue weighted by Gasteiger charge is -2.08. The number of aromatic amines is 1. The number of rotatable bonds is 5. The Morgan fingerprint density at radius 1 is 1.03 bits per heavy atom. The van der Waals surface area contributed by atoms with Crippen molar-refractivity contribution in [3.63, 3.8) is 0 Å². The lowest BCUT2D eigenvalue weighted by molar-refractivity contribution is -0.136. The molecule has 0 spiro atoms. The molecule has 33 heavy (non-hydrogen) atoms. The van der Waals surface area contributed by atoms with Crippen LogP contribution in [0.1, 0.15) is 11.1 Å². The number of carboxylic acids is 1. The van der Waals surface area contributed by atoms with Gasteiger partial charge in [0.25, 0.3) is 0 Å². The molecule has 0 fully saturated rings. The SMILES string of the molecule is O=C(O)Cc1cn(Cc2csc3ccc(Cl)cc23)c2cc(-c3ccc4nc[nH]c4c3)ccc12. The number of fused-ring (bicyclic) bond motifs is 3. The Labute approximate surface area is 197 Å². The van der Waals surface area contributed by atoms with Crippen LogP contribution < -0.4 is 0 Å². The number of thiophene rings is 1. The van der Waals surface area contributed by atoms with Crippen LogP contribution in [0.5, 0.6) is 0 Å². The molecule has 0 bridgehead atoms. The zero-order valence-corrected chi connectivity index (χ0v) is 19.0. The molecule has 6 aromatic rings. The number of H-pyrrole nitrogens is 1. The first-order valence-corrected chi connectivity index (χ1v) is 11.7. The second-order valence-electron chi connectivity index (χ2n) is 8.12. The molecule has 2 N–H and O–H groups in total. The summed E-state index contributed by atoms with van der Waals surface area (Å²) in [7, 11) is 0. The third-order valence-electron chi connectivity index (χ3n) is 6.02. The van der Waals surface area contributed by atoms with Crippen LogP contribution in [0, 0.1) is 0 Å². The third kappa shape index (κ3) is 3.57. The van der Waals surface area contributed by atoms with Crippen molar-refractivity contribution < 1.29 is 9.90 Å². The number of imidazole rings is 1. The summed E-state index contributed by atoms with van der Waals surface area (Å²) in [5.41, 5.74) is 7.04. The summed E-state index contributed by atoms with van der Waals surface area (Å²) in [5, 5.41) is 14.4. The number of benzene rings is 3. The van der Waals surface area contributed by atoms with E-state index < -0.39 is 5.97 Å². The molecule has 3 aromatic carbocycles. The second-order valence-corrected chi connectivity index (χ2v) is 9.47. The van der Waals surface area contributed by atoms with Crippen molar-refractivity contribution in [3.05, 3.63) is 88.7 Å². The topological polar surface area (TPSA) is 70.9 Å². The van der Waals surface area contributed by atoms with E-state index in [1.807, 2.05) is 36.5 Å². The van der Waals surface area contributed by atoms with Gasteiger partial charge in [-0.1, -0.05) is 29.8 Å². The van der Waals surface area contributed by atoms with Gasteiger partial charge in [0.1, 0.15) is 0 Å². The molecule has 0 saturated heterocycles. The fourth-order valence-corrected chi connectivity index (χ4v) is 5.56. The fraction of sp³-hybridized carbons (Fsp3) is 0.0769. The van der Waals surface area contributed by atoms with E-state index in [9.17, 15) is 9.90 Å². The Morgan fingerprint density at radius 3 is 2.76 bits per heavy atom. The summed E-state index contributed by atoms with van der Waals surface area (Å²) in [6, 6.07) is 18.3. The molecular weight excluding hydrogens is 454 g/mol. The standard InChI is InChI=1S/C26H18ClN3O2S/c27-19-3-6-25-21(10-19)18(13-33-25)12-30-11-17(9-26(31)32)20-4-1-16(8-24(20)30)15-2-5-22-23(7-15)29-14-28-22/h1-8,10-11,13-14H,9,12H2,(H,28,29)(H,31,32). The number of aromatic nitrogens is 3. The highest BCUT2D eigenvalue weighted by atomic mass is 35.5. The maximum atomic E-state index is 11.5. The monoisotopic (exact) mass is 471 g/mol. The predicted octanol–water partition coefficient (Wildman–Crippen LogP) is 6.73. The summed E-state index contributed by atoms with van der Waals surface area (Å²) >= 11 is 7.95. The highest BCUT2D eigenvalue weighted by molar-refractivity contribution is 7.17. The van der Waals surface area contributed by atoms with Gasteiger partial charge in [-0.2, -0.15) is 0 Å². The van der Waals surface area contributed by atoms with E-state index in [2.05, 4.69) is 44.2 Å². The molecule has 0 amide bonds. The molecule has 162 valence electrons. The number of carboxylic acid groups (broad SMARTS) is 1. The molecule has 0 aliphatic rings. The summed E-state index contributed by atoms with van der Waals surface area (Å²) in [6.45, 7) is 0.638. The van der Waals surface area contributed by atoms with Crippen molar-refractivity contribution in [3.8, 4) is 11.1 Å². The lowest BCUT2D eigenvalue weighted by atomic mass is 10.0. The van der Waals surface area contributed by atoms with Gasteiger partial charge in [0, 0.05) is 33.4 Å². The van der Waals surface area contributed by atoms with Crippen molar-refractivity contribution in [1.82, 2.24) is 14.5 Å². The van der Waals surface area contributed by atoms with Crippen molar-refractivity contribution in [2.75, 3.05) is 0 Å². The summed E-state index contributed by atoms with van der Waals surface area (Å²) in [4.78, 5) is 19.0. The first-order valence-electron chi connectivity index (χ1n) is 10.5. The smallest absolute Gasteiger partial charge is 0.307 e. The Balaban J connectivity index is 1.49. The van der Waals surface area contributed by atoms with Gasteiger partial charge >= 0.3 is 5.97 Å². The third-order valence-corrected chi connectivity index (χ3v) is 7.26. The Bertz CT molecular complexity index is 1680. The Morgan fingerprint density at radius 2 is 1.88 bits per heavy atom. The number of nitrogens with one attached hydrogen (secondary N) is 1. The van der Waals surface area contributed by atoms with Gasteiger partial charge in [0.05, 0.1) is 23.8 Å². The van der Waals surface area contributed by atoms with Crippen LogP contribution in [0.25, 0.3) is 43.1 Å². The molecule has 0 atom stereocenters. The number of carbonyl (C=O) groups is 1. The summed E-state index contributed by atoms with van der Waals surface area (Å²) in [5.74, 6) is -0.837. The molecule has 3 aromatic heterocycles. The van der Waals surface area contributed by atoms with Crippen molar-refractivity contribution in [1.29, 1.82) is 0 Å². The number of nitrogens with zero attached hydrogens (tertiary/aromatic N) is 2. The van der Waals surface area contributed by atoms with Crippen LogP contribution >= 0.6 is 22.9 Å². The van der Waals surface area contributed by atoms with Gasteiger partial charge in [-0.3, -0.25) is 4.79 Å². The zero-order chi connectivity index (χ0) is 22.5. The summed E-state index contributed by atoms with van der Waals surface area (Å²) in [6.07, 6.45) is 3.65. The molecule has 0 aliphatic carbocycles. The van der Waals surface area contributed by atoms with Gasteiger partial charge in [-0.15, -0.1) is 11.3 Å². The van der Waals surface area contributed by atoms with Gasteiger partial charge in [-0.25, -0.2) is 4.98 Å². The summed E-state index contributed by atoms with van der Waals surface area (Å²) < 4.78 is 3.33. The second kappa shape index (κ2) is 7.76. The maximum Gasteiger partial charge on any atom is 0.307 e. The number of halogens is 1. The number of hydrogen-bond acceptors (Lipinski definition) is 3. The van der Waals surface area contributed by atoms with Gasteiger partial charge in [-0.05, 0) is 69.4 Å². The molecule has 0 radical (unpaired) electrons. The van der Waals surface area contributed by atoms with Crippen molar-refractivity contribution >= 4 is 60.9 Å². The highest BCUT2D eigenvalue weighted by Gasteiger charge is 2.15. The fourth-order valence-electron chi connectivity index (χ4n) is 4.46.